The molecule has 5 heteroatoms. The lowest BCUT2D eigenvalue weighted by atomic mass is 9.96. The van der Waals surface area contributed by atoms with Crippen molar-refractivity contribution < 1.29 is 9.53 Å². The predicted molar refractivity (Wildman–Crippen MR) is 102 cm³/mol. The molecular formula is C20H33N3O2. The van der Waals surface area contributed by atoms with E-state index in [4.69, 9.17) is 4.74 Å². The molecule has 0 radical (unpaired) electrons. The maximum Gasteiger partial charge on any atom is 0.253 e. The second-order valence-electron chi connectivity index (χ2n) is 6.69. The van der Waals surface area contributed by atoms with E-state index < -0.39 is 0 Å². The molecule has 1 amide bonds. The van der Waals surface area contributed by atoms with E-state index in [0.29, 0.717) is 12.5 Å². The van der Waals surface area contributed by atoms with Crippen LogP contribution in [0.4, 0.5) is 0 Å². The number of hydrogen-bond donors (Lipinski definition) is 1. The Morgan fingerprint density at radius 3 is 2.40 bits per heavy atom. The van der Waals surface area contributed by atoms with Crippen LogP contribution in [0.1, 0.15) is 37.0 Å². The topological polar surface area (TPSA) is 44.8 Å². The first-order valence-corrected chi connectivity index (χ1v) is 9.57. The van der Waals surface area contributed by atoms with Crippen LogP contribution in [0.25, 0.3) is 0 Å². The summed E-state index contributed by atoms with van der Waals surface area (Å²) in [6, 6.07) is 7.58. The van der Waals surface area contributed by atoms with Crippen LogP contribution >= 0.6 is 0 Å². The van der Waals surface area contributed by atoms with Crippen LogP contribution in [0.2, 0.25) is 0 Å². The molecule has 1 heterocycles. The minimum atomic E-state index is 0.137. The summed E-state index contributed by atoms with van der Waals surface area (Å²) in [7, 11) is 1.99. The Morgan fingerprint density at radius 2 is 1.84 bits per heavy atom. The van der Waals surface area contributed by atoms with E-state index >= 15 is 0 Å². The Labute approximate surface area is 152 Å². The number of amides is 1. The van der Waals surface area contributed by atoms with Gasteiger partial charge in [-0.3, -0.25) is 4.79 Å². The molecule has 0 spiro atoms. The lowest BCUT2D eigenvalue weighted by Crippen LogP contribution is -2.40. The van der Waals surface area contributed by atoms with Crippen LogP contribution in [0, 0.1) is 5.92 Å². The first-order valence-electron chi connectivity index (χ1n) is 9.57. The zero-order valence-electron chi connectivity index (χ0n) is 16.0. The first kappa shape index (κ1) is 19.7. The fourth-order valence-corrected chi connectivity index (χ4v) is 3.34. The normalized spacial score (nSPS) is 15.6. The van der Waals surface area contributed by atoms with E-state index in [-0.39, 0.29) is 5.91 Å². The fourth-order valence-electron chi connectivity index (χ4n) is 3.34. The van der Waals surface area contributed by atoms with Gasteiger partial charge in [0.15, 0.2) is 0 Å². The summed E-state index contributed by atoms with van der Waals surface area (Å²) < 4.78 is 5.79. The van der Waals surface area contributed by atoms with Crippen LogP contribution in [0.3, 0.4) is 0 Å². The van der Waals surface area contributed by atoms with E-state index in [1.807, 2.05) is 36.2 Å². The quantitative estimate of drug-likeness (QED) is 0.745. The van der Waals surface area contributed by atoms with Crippen molar-refractivity contribution in [2.45, 2.75) is 26.7 Å². The highest BCUT2D eigenvalue weighted by Gasteiger charge is 2.23. The van der Waals surface area contributed by atoms with E-state index in [9.17, 15) is 4.79 Å². The van der Waals surface area contributed by atoms with Gasteiger partial charge in [0, 0.05) is 25.2 Å². The molecule has 1 aliphatic heterocycles. The molecule has 0 unspecified atom stereocenters. The first-order chi connectivity index (χ1) is 12.2. The standard InChI is InChI=1S/C20H33N3O2/c1-4-22(5-2)14-15-25-19-8-6-18(7-9-19)20(24)23-12-10-17(11-13-23)16-21-3/h6-9,17,21H,4-5,10-16H2,1-3H3. The van der Waals surface area contributed by atoms with Crippen LogP contribution in [-0.2, 0) is 0 Å². The smallest absolute Gasteiger partial charge is 0.253 e. The van der Waals surface area contributed by atoms with Crippen molar-refractivity contribution in [2.75, 3.05) is 52.9 Å². The number of likely N-dealkylation sites (tertiary alicyclic amines) is 1. The van der Waals surface area contributed by atoms with Gasteiger partial charge < -0.3 is 19.9 Å². The summed E-state index contributed by atoms with van der Waals surface area (Å²) in [4.78, 5) is 16.9. The van der Waals surface area contributed by atoms with Gasteiger partial charge in [-0.15, -0.1) is 0 Å². The summed E-state index contributed by atoms with van der Waals surface area (Å²) in [5, 5.41) is 3.23. The van der Waals surface area contributed by atoms with E-state index in [1.165, 1.54) is 0 Å². The highest BCUT2D eigenvalue weighted by atomic mass is 16.5. The fraction of sp³-hybridized carbons (Fsp3) is 0.650. The summed E-state index contributed by atoms with van der Waals surface area (Å²) in [6.07, 6.45) is 2.16. The molecular weight excluding hydrogens is 314 g/mol. The molecule has 0 aliphatic carbocycles. The highest BCUT2D eigenvalue weighted by Crippen LogP contribution is 2.20. The minimum absolute atomic E-state index is 0.137. The number of carbonyl (C=O) groups excluding carboxylic acids is 1. The van der Waals surface area contributed by atoms with Crippen molar-refractivity contribution in [3.63, 3.8) is 0 Å². The number of nitrogens with one attached hydrogen (secondary N) is 1. The molecule has 0 atom stereocenters. The van der Waals surface area contributed by atoms with Crippen molar-refractivity contribution in [1.82, 2.24) is 15.1 Å². The van der Waals surface area contributed by atoms with Crippen molar-refractivity contribution in [3.8, 4) is 5.75 Å². The molecule has 25 heavy (non-hydrogen) atoms. The Morgan fingerprint density at radius 1 is 1.20 bits per heavy atom. The van der Waals surface area contributed by atoms with Crippen LogP contribution < -0.4 is 10.1 Å². The number of likely N-dealkylation sites (N-methyl/N-ethyl adjacent to an activating group) is 1. The molecule has 140 valence electrons. The summed E-state index contributed by atoms with van der Waals surface area (Å²) >= 11 is 0. The summed E-state index contributed by atoms with van der Waals surface area (Å²) in [5.74, 6) is 1.66. The third-order valence-corrected chi connectivity index (χ3v) is 5.07. The van der Waals surface area contributed by atoms with Crippen LogP contribution in [0.5, 0.6) is 5.75 Å². The number of carbonyl (C=O) groups is 1. The number of nitrogens with zero attached hydrogens (tertiary/aromatic N) is 2. The van der Waals surface area contributed by atoms with Gasteiger partial charge >= 0.3 is 0 Å². The average molecular weight is 348 g/mol. The molecule has 1 aromatic rings. The Kier molecular flexibility index (Phi) is 8.22. The van der Waals surface area contributed by atoms with Crippen LogP contribution in [0.15, 0.2) is 24.3 Å². The Hall–Kier alpha value is -1.59. The van der Waals surface area contributed by atoms with Gasteiger partial charge in [0.05, 0.1) is 0 Å². The predicted octanol–water partition coefficient (Wildman–Crippen LogP) is 2.48. The third-order valence-electron chi connectivity index (χ3n) is 5.07. The lowest BCUT2D eigenvalue weighted by molar-refractivity contribution is 0.0691. The maximum atomic E-state index is 12.6. The van der Waals surface area contributed by atoms with Gasteiger partial charge in [0.1, 0.15) is 12.4 Å². The van der Waals surface area contributed by atoms with Gasteiger partial charge in [-0.25, -0.2) is 0 Å². The highest BCUT2D eigenvalue weighted by molar-refractivity contribution is 5.94. The molecule has 0 saturated carbocycles. The largest absolute Gasteiger partial charge is 0.492 e. The van der Waals surface area contributed by atoms with Gasteiger partial charge in [-0.05, 0) is 69.7 Å². The molecule has 1 saturated heterocycles. The number of ether oxygens (including phenoxy) is 1. The lowest BCUT2D eigenvalue weighted by Gasteiger charge is -2.32. The van der Waals surface area contributed by atoms with Gasteiger partial charge in [-0.2, -0.15) is 0 Å². The molecule has 0 bridgehead atoms. The van der Waals surface area contributed by atoms with Crippen molar-refractivity contribution in [2.24, 2.45) is 5.92 Å². The molecule has 1 aliphatic rings. The number of piperidine rings is 1. The van der Waals surface area contributed by atoms with Gasteiger partial charge in [-0.1, -0.05) is 13.8 Å². The van der Waals surface area contributed by atoms with Crippen molar-refractivity contribution in [1.29, 1.82) is 0 Å². The second-order valence-corrected chi connectivity index (χ2v) is 6.69. The summed E-state index contributed by atoms with van der Waals surface area (Å²) in [5.41, 5.74) is 0.753. The molecule has 1 N–H and O–H groups in total. The van der Waals surface area contributed by atoms with E-state index in [2.05, 4.69) is 24.1 Å². The molecule has 1 fully saturated rings. The Bertz CT molecular complexity index is 506. The van der Waals surface area contributed by atoms with Gasteiger partial charge in [0.25, 0.3) is 5.91 Å². The maximum absolute atomic E-state index is 12.6. The van der Waals surface area contributed by atoms with Crippen molar-refractivity contribution >= 4 is 5.91 Å². The number of hydrogen-bond acceptors (Lipinski definition) is 4. The van der Waals surface area contributed by atoms with E-state index in [0.717, 1.165) is 63.4 Å². The second kappa shape index (κ2) is 10.4. The molecule has 5 nitrogen and oxygen atoms in total. The van der Waals surface area contributed by atoms with Gasteiger partial charge in [0.2, 0.25) is 0 Å². The Balaban J connectivity index is 1.80. The number of benzene rings is 1. The number of rotatable bonds is 9. The molecule has 1 aromatic carbocycles. The average Bonchev–Trinajstić information content (AvgIpc) is 2.66. The van der Waals surface area contributed by atoms with E-state index in [1.54, 1.807) is 0 Å². The third kappa shape index (κ3) is 6.01. The summed E-state index contributed by atoms with van der Waals surface area (Å²) in [6.45, 7) is 10.7. The zero-order valence-corrected chi connectivity index (χ0v) is 16.0. The zero-order chi connectivity index (χ0) is 18.1. The minimum Gasteiger partial charge on any atom is -0.492 e. The van der Waals surface area contributed by atoms with Crippen LogP contribution in [-0.4, -0.2) is 68.6 Å². The SMILES string of the molecule is CCN(CC)CCOc1ccc(C(=O)N2CCC(CNC)CC2)cc1. The molecule has 2 rings (SSSR count). The van der Waals surface area contributed by atoms with Crippen molar-refractivity contribution in [3.05, 3.63) is 29.8 Å². The molecule has 0 aromatic heterocycles. The monoisotopic (exact) mass is 347 g/mol.